The summed E-state index contributed by atoms with van der Waals surface area (Å²) in [6.07, 6.45) is 0.857. The Labute approximate surface area is 150 Å². The molecule has 0 unspecified atom stereocenters. The number of hydrogen-bond acceptors (Lipinski definition) is 5. The third-order valence-electron chi connectivity index (χ3n) is 3.48. The van der Waals surface area contributed by atoms with E-state index in [1.54, 1.807) is 19.2 Å². The van der Waals surface area contributed by atoms with Gasteiger partial charge >= 0.3 is 6.09 Å². The van der Waals surface area contributed by atoms with Crippen LogP contribution in [0.15, 0.2) is 36.7 Å². The molecule has 0 aliphatic carbocycles. The summed E-state index contributed by atoms with van der Waals surface area (Å²) >= 11 is 5.98. The molecule has 0 N–H and O–H groups in total. The van der Waals surface area contributed by atoms with Crippen molar-refractivity contribution in [1.29, 1.82) is 0 Å². The Morgan fingerprint density at radius 1 is 1.16 bits per heavy atom. The lowest BCUT2D eigenvalue weighted by Crippen LogP contribution is -2.27. The number of benzene rings is 1. The van der Waals surface area contributed by atoms with Crippen LogP contribution in [0, 0.1) is 0 Å². The van der Waals surface area contributed by atoms with E-state index in [2.05, 4.69) is 9.97 Å². The molecule has 0 amide bonds. The van der Waals surface area contributed by atoms with E-state index in [-0.39, 0.29) is 0 Å². The third kappa shape index (κ3) is 3.58. The van der Waals surface area contributed by atoms with Gasteiger partial charge in [0, 0.05) is 17.5 Å². The van der Waals surface area contributed by atoms with Crippen molar-refractivity contribution >= 4 is 28.6 Å². The molecule has 7 heteroatoms. The lowest BCUT2D eigenvalue weighted by molar-refractivity contribution is 0.0547. The first-order valence-corrected chi connectivity index (χ1v) is 8.07. The molecule has 130 valence electrons. The minimum absolute atomic E-state index is 0.295. The maximum absolute atomic E-state index is 12.8. The Kier molecular flexibility index (Phi) is 4.39. The van der Waals surface area contributed by atoms with Gasteiger partial charge in [-0.15, -0.1) is 0 Å². The molecule has 0 fully saturated rings. The van der Waals surface area contributed by atoms with Gasteiger partial charge in [-0.05, 0) is 39.0 Å². The molecule has 1 aromatic carbocycles. The second kappa shape index (κ2) is 6.37. The fourth-order valence-corrected chi connectivity index (χ4v) is 2.62. The van der Waals surface area contributed by atoms with Crippen LogP contribution in [0.4, 0.5) is 4.79 Å². The SMILES string of the molecule is COc1ccc2cc(-c3cc(Cl)ncn3)n(C(=O)OC(C)(C)C)c2c1. The van der Waals surface area contributed by atoms with Gasteiger partial charge in [-0.1, -0.05) is 11.6 Å². The Balaban J connectivity index is 2.25. The predicted octanol–water partition coefficient (Wildman–Crippen LogP) is 4.54. The van der Waals surface area contributed by atoms with Gasteiger partial charge in [-0.2, -0.15) is 0 Å². The van der Waals surface area contributed by atoms with Crippen molar-refractivity contribution in [1.82, 2.24) is 14.5 Å². The summed E-state index contributed by atoms with van der Waals surface area (Å²) in [5.74, 6) is 0.641. The molecule has 3 aromatic rings. The van der Waals surface area contributed by atoms with Crippen LogP contribution in [0.5, 0.6) is 5.75 Å². The Morgan fingerprint density at radius 2 is 1.92 bits per heavy atom. The lowest BCUT2D eigenvalue weighted by Gasteiger charge is -2.21. The van der Waals surface area contributed by atoms with Crippen LogP contribution in [0.1, 0.15) is 20.8 Å². The first-order valence-electron chi connectivity index (χ1n) is 7.69. The predicted molar refractivity (Wildman–Crippen MR) is 96.2 cm³/mol. The van der Waals surface area contributed by atoms with E-state index in [4.69, 9.17) is 21.1 Å². The van der Waals surface area contributed by atoms with Crippen molar-refractivity contribution < 1.29 is 14.3 Å². The number of aromatic nitrogens is 3. The van der Waals surface area contributed by atoms with Gasteiger partial charge < -0.3 is 9.47 Å². The Morgan fingerprint density at radius 3 is 2.56 bits per heavy atom. The van der Waals surface area contributed by atoms with Gasteiger partial charge in [0.15, 0.2) is 0 Å². The van der Waals surface area contributed by atoms with Crippen LogP contribution in [0.2, 0.25) is 5.15 Å². The van der Waals surface area contributed by atoms with Gasteiger partial charge in [-0.25, -0.2) is 19.3 Å². The largest absolute Gasteiger partial charge is 0.497 e. The molecule has 0 aliphatic rings. The number of methoxy groups -OCH3 is 1. The zero-order chi connectivity index (χ0) is 18.2. The fraction of sp³-hybridized carbons (Fsp3) is 0.278. The van der Waals surface area contributed by atoms with E-state index in [9.17, 15) is 4.79 Å². The number of halogens is 1. The van der Waals surface area contributed by atoms with Crippen LogP contribution >= 0.6 is 11.6 Å². The second-order valence-electron chi connectivity index (χ2n) is 6.50. The first kappa shape index (κ1) is 17.2. The van der Waals surface area contributed by atoms with Crippen LogP contribution in [-0.4, -0.2) is 33.3 Å². The van der Waals surface area contributed by atoms with Gasteiger partial charge in [-0.3, -0.25) is 0 Å². The molecule has 0 spiro atoms. The summed E-state index contributed by atoms with van der Waals surface area (Å²) in [7, 11) is 1.58. The average molecular weight is 360 g/mol. The molecular weight excluding hydrogens is 342 g/mol. The molecule has 0 saturated heterocycles. The summed E-state index contributed by atoms with van der Waals surface area (Å²) in [5.41, 5.74) is 1.13. The molecule has 0 radical (unpaired) electrons. The standard InChI is InChI=1S/C18H18ClN3O3/c1-18(2,3)25-17(23)22-14-8-12(24-4)6-5-11(14)7-15(22)13-9-16(19)21-10-20-13/h5-10H,1-4H3. The molecule has 3 rings (SSSR count). The van der Waals surface area contributed by atoms with Crippen molar-refractivity contribution in [3.05, 3.63) is 41.8 Å². The molecule has 0 bridgehead atoms. The molecule has 2 aromatic heterocycles. The number of rotatable bonds is 2. The zero-order valence-corrected chi connectivity index (χ0v) is 15.2. The topological polar surface area (TPSA) is 66.2 Å². The highest BCUT2D eigenvalue weighted by molar-refractivity contribution is 6.29. The maximum Gasteiger partial charge on any atom is 0.419 e. The van der Waals surface area contributed by atoms with E-state index in [1.165, 1.54) is 10.9 Å². The molecule has 25 heavy (non-hydrogen) atoms. The van der Waals surface area contributed by atoms with Crippen molar-refractivity contribution in [2.24, 2.45) is 0 Å². The Hall–Kier alpha value is -2.60. The number of ether oxygens (including phenoxy) is 2. The van der Waals surface area contributed by atoms with Gasteiger partial charge in [0.25, 0.3) is 0 Å². The summed E-state index contributed by atoms with van der Waals surface area (Å²) in [6.45, 7) is 5.45. The van der Waals surface area contributed by atoms with Crippen LogP contribution in [0.3, 0.4) is 0 Å². The molecule has 0 saturated carbocycles. The highest BCUT2D eigenvalue weighted by atomic mass is 35.5. The van der Waals surface area contributed by atoms with Crippen molar-refractivity contribution in [2.75, 3.05) is 7.11 Å². The third-order valence-corrected chi connectivity index (χ3v) is 3.69. The van der Waals surface area contributed by atoms with E-state index in [0.29, 0.717) is 27.8 Å². The number of carbonyl (C=O) groups excluding carboxylic acids is 1. The molecule has 2 heterocycles. The summed E-state index contributed by atoms with van der Waals surface area (Å²) in [6, 6.07) is 8.95. The van der Waals surface area contributed by atoms with E-state index in [1.807, 2.05) is 39.0 Å². The molecular formula is C18H18ClN3O3. The average Bonchev–Trinajstić information content (AvgIpc) is 2.91. The minimum atomic E-state index is -0.632. The number of nitrogens with zero attached hydrogens (tertiary/aromatic N) is 3. The number of hydrogen-bond donors (Lipinski definition) is 0. The molecule has 6 nitrogen and oxygen atoms in total. The van der Waals surface area contributed by atoms with E-state index in [0.717, 1.165) is 5.39 Å². The second-order valence-corrected chi connectivity index (χ2v) is 6.88. The Bertz CT molecular complexity index is 944. The zero-order valence-electron chi connectivity index (χ0n) is 14.4. The van der Waals surface area contributed by atoms with Gasteiger partial charge in [0.2, 0.25) is 0 Å². The van der Waals surface area contributed by atoms with Crippen molar-refractivity contribution in [3.63, 3.8) is 0 Å². The first-order chi connectivity index (χ1) is 11.8. The summed E-state index contributed by atoms with van der Waals surface area (Å²) in [4.78, 5) is 21.0. The summed E-state index contributed by atoms with van der Waals surface area (Å²) in [5, 5.41) is 1.15. The van der Waals surface area contributed by atoms with Gasteiger partial charge in [0.1, 0.15) is 22.8 Å². The highest BCUT2D eigenvalue weighted by Crippen LogP contribution is 2.31. The molecule has 0 atom stereocenters. The van der Waals surface area contributed by atoms with Crippen LogP contribution in [-0.2, 0) is 4.74 Å². The number of carbonyl (C=O) groups is 1. The fourth-order valence-electron chi connectivity index (χ4n) is 2.47. The molecule has 0 aliphatic heterocycles. The number of fused-ring (bicyclic) bond motifs is 1. The van der Waals surface area contributed by atoms with E-state index < -0.39 is 11.7 Å². The van der Waals surface area contributed by atoms with Gasteiger partial charge in [0.05, 0.1) is 24.0 Å². The smallest absolute Gasteiger partial charge is 0.419 e. The highest BCUT2D eigenvalue weighted by Gasteiger charge is 2.23. The summed E-state index contributed by atoms with van der Waals surface area (Å²) < 4.78 is 12.3. The van der Waals surface area contributed by atoms with Crippen LogP contribution < -0.4 is 4.74 Å². The normalized spacial score (nSPS) is 11.6. The monoisotopic (exact) mass is 359 g/mol. The minimum Gasteiger partial charge on any atom is -0.497 e. The maximum atomic E-state index is 12.8. The quantitative estimate of drug-likeness (QED) is 0.628. The van der Waals surface area contributed by atoms with Crippen molar-refractivity contribution in [2.45, 2.75) is 26.4 Å². The van der Waals surface area contributed by atoms with Crippen LogP contribution in [0.25, 0.3) is 22.3 Å². The van der Waals surface area contributed by atoms with Crippen molar-refractivity contribution in [3.8, 4) is 17.1 Å². The van der Waals surface area contributed by atoms with E-state index >= 15 is 0 Å². The lowest BCUT2D eigenvalue weighted by atomic mass is 10.2.